The van der Waals surface area contributed by atoms with Gasteiger partial charge in [-0.25, -0.2) is 0 Å². The van der Waals surface area contributed by atoms with Crippen molar-refractivity contribution in [2.24, 2.45) is 5.92 Å². The maximum atomic E-state index is 10.5. The Hall–Kier alpha value is -1.31. The molecule has 1 saturated carbocycles. The molecule has 2 rings (SSSR count). The monoisotopic (exact) mass is 316 g/mol. The Morgan fingerprint density at radius 2 is 1.74 bits per heavy atom. The third-order valence-electron chi connectivity index (χ3n) is 5.35. The second-order valence-corrected chi connectivity index (χ2v) is 7.20. The maximum Gasteiger partial charge on any atom is 0.303 e. The van der Waals surface area contributed by atoms with E-state index in [9.17, 15) is 4.79 Å². The molecule has 1 aliphatic rings. The van der Waals surface area contributed by atoms with Crippen LogP contribution in [0, 0.1) is 5.92 Å². The highest BCUT2D eigenvalue weighted by Gasteiger charge is 2.21. The van der Waals surface area contributed by atoms with Crippen molar-refractivity contribution in [3.05, 3.63) is 35.4 Å². The van der Waals surface area contributed by atoms with Crippen molar-refractivity contribution in [2.45, 2.75) is 83.5 Å². The van der Waals surface area contributed by atoms with Crippen LogP contribution in [-0.2, 0) is 11.2 Å². The zero-order valence-corrected chi connectivity index (χ0v) is 14.6. The SMILES string of the molecule is CCCC1CCC(c2ccc(CCCCCC(=O)O)cc2)CC1. The molecule has 2 heteroatoms. The number of hydrogen-bond donors (Lipinski definition) is 1. The van der Waals surface area contributed by atoms with Crippen molar-refractivity contribution in [1.82, 2.24) is 0 Å². The molecular formula is C21H32O2. The molecule has 2 nitrogen and oxygen atoms in total. The maximum absolute atomic E-state index is 10.5. The lowest BCUT2D eigenvalue weighted by Crippen LogP contribution is -2.13. The van der Waals surface area contributed by atoms with Crippen molar-refractivity contribution < 1.29 is 9.90 Å². The van der Waals surface area contributed by atoms with Gasteiger partial charge in [0.05, 0.1) is 0 Å². The van der Waals surface area contributed by atoms with Gasteiger partial charge < -0.3 is 5.11 Å². The van der Waals surface area contributed by atoms with Gasteiger partial charge in [0, 0.05) is 6.42 Å². The number of carbonyl (C=O) groups is 1. The number of aliphatic carboxylic acids is 1. The van der Waals surface area contributed by atoms with Crippen LogP contribution in [0.1, 0.15) is 88.2 Å². The molecule has 23 heavy (non-hydrogen) atoms. The van der Waals surface area contributed by atoms with Gasteiger partial charge in [-0.15, -0.1) is 0 Å². The summed E-state index contributed by atoms with van der Waals surface area (Å²) in [6, 6.07) is 9.23. The molecule has 1 fully saturated rings. The van der Waals surface area contributed by atoms with Crippen LogP contribution in [0.2, 0.25) is 0 Å². The normalized spacial score (nSPS) is 21.3. The fourth-order valence-electron chi connectivity index (χ4n) is 3.93. The van der Waals surface area contributed by atoms with Gasteiger partial charge in [-0.2, -0.15) is 0 Å². The summed E-state index contributed by atoms with van der Waals surface area (Å²) in [6.07, 6.45) is 12.6. The molecule has 1 aliphatic carbocycles. The molecule has 1 aromatic carbocycles. The number of carboxylic acid groups (broad SMARTS) is 1. The Bertz CT molecular complexity index is 455. The van der Waals surface area contributed by atoms with E-state index in [0.717, 1.165) is 37.5 Å². The van der Waals surface area contributed by atoms with E-state index in [-0.39, 0.29) is 0 Å². The first-order chi connectivity index (χ1) is 11.2. The minimum atomic E-state index is -0.678. The molecule has 0 heterocycles. The summed E-state index contributed by atoms with van der Waals surface area (Å²) < 4.78 is 0. The van der Waals surface area contributed by atoms with Crippen LogP contribution in [0.5, 0.6) is 0 Å². The summed E-state index contributed by atoms with van der Waals surface area (Å²) in [4.78, 5) is 10.5. The summed E-state index contributed by atoms with van der Waals surface area (Å²) >= 11 is 0. The number of benzene rings is 1. The van der Waals surface area contributed by atoms with E-state index in [1.807, 2.05) is 0 Å². The molecule has 128 valence electrons. The molecule has 0 aromatic heterocycles. The van der Waals surface area contributed by atoms with E-state index < -0.39 is 5.97 Å². The van der Waals surface area contributed by atoms with E-state index in [0.29, 0.717) is 6.42 Å². The average molecular weight is 316 g/mol. The summed E-state index contributed by atoms with van der Waals surface area (Å²) in [7, 11) is 0. The Morgan fingerprint density at radius 1 is 1.04 bits per heavy atom. The van der Waals surface area contributed by atoms with Crippen molar-refractivity contribution in [3.63, 3.8) is 0 Å². The molecular weight excluding hydrogens is 284 g/mol. The van der Waals surface area contributed by atoms with Gasteiger partial charge in [0.1, 0.15) is 0 Å². The molecule has 1 aromatic rings. The quantitative estimate of drug-likeness (QED) is 0.572. The topological polar surface area (TPSA) is 37.3 Å². The fraction of sp³-hybridized carbons (Fsp3) is 0.667. The van der Waals surface area contributed by atoms with Crippen molar-refractivity contribution in [3.8, 4) is 0 Å². The van der Waals surface area contributed by atoms with E-state index in [2.05, 4.69) is 31.2 Å². The van der Waals surface area contributed by atoms with Gasteiger partial charge in [0.15, 0.2) is 0 Å². The Labute approximate surface area is 141 Å². The van der Waals surface area contributed by atoms with E-state index in [1.165, 1.54) is 49.7 Å². The number of unbranched alkanes of at least 4 members (excludes halogenated alkanes) is 2. The van der Waals surface area contributed by atoms with Crippen LogP contribution in [-0.4, -0.2) is 11.1 Å². The fourth-order valence-corrected chi connectivity index (χ4v) is 3.93. The number of aryl methyl sites for hydroxylation is 1. The average Bonchev–Trinajstić information content (AvgIpc) is 2.56. The van der Waals surface area contributed by atoms with Crippen LogP contribution < -0.4 is 0 Å². The Kier molecular flexibility index (Phi) is 7.64. The Morgan fingerprint density at radius 3 is 2.35 bits per heavy atom. The predicted octanol–water partition coefficient (Wildman–Crippen LogP) is 5.95. The number of rotatable bonds is 9. The van der Waals surface area contributed by atoms with E-state index in [1.54, 1.807) is 0 Å². The van der Waals surface area contributed by atoms with Crippen molar-refractivity contribution in [2.75, 3.05) is 0 Å². The van der Waals surface area contributed by atoms with Crippen LogP contribution >= 0.6 is 0 Å². The van der Waals surface area contributed by atoms with Crippen LogP contribution in [0.25, 0.3) is 0 Å². The molecule has 0 bridgehead atoms. The Balaban J connectivity index is 1.71. The molecule has 0 unspecified atom stereocenters. The van der Waals surface area contributed by atoms with Crippen LogP contribution in [0.15, 0.2) is 24.3 Å². The third kappa shape index (κ3) is 6.37. The first-order valence-corrected chi connectivity index (χ1v) is 9.49. The number of carboxylic acids is 1. The largest absolute Gasteiger partial charge is 0.481 e. The lowest BCUT2D eigenvalue weighted by atomic mass is 9.77. The zero-order valence-electron chi connectivity index (χ0n) is 14.6. The zero-order chi connectivity index (χ0) is 16.5. The highest BCUT2D eigenvalue weighted by Crippen LogP contribution is 2.37. The minimum absolute atomic E-state index is 0.305. The summed E-state index contributed by atoms with van der Waals surface area (Å²) in [6.45, 7) is 2.30. The van der Waals surface area contributed by atoms with Gasteiger partial charge in [-0.1, -0.05) is 50.5 Å². The van der Waals surface area contributed by atoms with E-state index >= 15 is 0 Å². The smallest absolute Gasteiger partial charge is 0.303 e. The highest BCUT2D eigenvalue weighted by molar-refractivity contribution is 5.66. The molecule has 0 spiro atoms. The summed E-state index contributed by atoms with van der Waals surface area (Å²) in [5.41, 5.74) is 2.92. The molecule has 0 saturated heterocycles. The van der Waals surface area contributed by atoms with Crippen molar-refractivity contribution in [1.29, 1.82) is 0 Å². The lowest BCUT2D eigenvalue weighted by Gasteiger charge is -2.28. The molecule has 0 radical (unpaired) electrons. The lowest BCUT2D eigenvalue weighted by molar-refractivity contribution is -0.137. The van der Waals surface area contributed by atoms with Gasteiger partial charge >= 0.3 is 5.97 Å². The van der Waals surface area contributed by atoms with Crippen molar-refractivity contribution >= 4 is 5.97 Å². The standard InChI is InChI=1S/C21H32O2/c1-2-6-17-9-13-19(14-10-17)20-15-11-18(12-16-20)7-4-3-5-8-21(22)23/h11-12,15-17,19H,2-10,13-14H2,1H3,(H,22,23). The molecule has 1 N–H and O–H groups in total. The van der Waals surface area contributed by atoms with Gasteiger partial charge in [-0.3, -0.25) is 4.79 Å². The second-order valence-electron chi connectivity index (χ2n) is 7.20. The highest BCUT2D eigenvalue weighted by atomic mass is 16.4. The van der Waals surface area contributed by atoms with E-state index in [4.69, 9.17) is 5.11 Å². The van der Waals surface area contributed by atoms with Gasteiger partial charge in [0.25, 0.3) is 0 Å². The number of hydrogen-bond acceptors (Lipinski definition) is 1. The first-order valence-electron chi connectivity index (χ1n) is 9.49. The summed E-state index contributed by atoms with van der Waals surface area (Å²) in [5, 5.41) is 8.63. The predicted molar refractivity (Wildman–Crippen MR) is 95.9 cm³/mol. The molecule has 0 aliphatic heterocycles. The second kappa shape index (κ2) is 9.75. The molecule has 0 amide bonds. The third-order valence-corrected chi connectivity index (χ3v) is 5.35. The summed E-state index contributed by atoms with van der Waals surface area (Å²) in [5.74, 6) is 1.07. The van der Waals surface area contributed by atoms with Crippen LogP contribution in [0.4, 0.5) is 0 Å². The van der Waals surface area contributed by atoms with Gasteiger partial charge in [-0.05, 0) is 67.9 Å². The van der Waals surface area contributed by atoms with Gasteiger partial charge in [0.2, 0.25) is 0 Å². The van der Waals surface area contributed by atoms with Crippen LogP contribution in [0.3, 0.4) is 0 Å². The minimum Gasteiger partial charge on any atom is -0.481 e. The first kappa shape index (κ1) is 18.0. The molecule has 0 atom stereocenters.